The van der Waals surface area contributed by atoms with Crippen LogP contribution in [0.25, 0.3) is 10.9 Å². The quantitative estimate of drug-likeness (QED) is 0.457. The second-order valence-electron chi connectivity index (χ2n) is 4.48. The number of aromatic nitrogens is 1. The van der Waals surface area contributed by atoms with Gasteiger partial charge in [0.2, 0.25) is 11.0 Å². The molecule has 0 fully saturated rings. The Kier molecular flexibility index (Phi) is 4.04. The second-order valence-corrected chi connectivity index (χ2v) is 5.27. The van der Waals surface area contributed by atoms with E-state index in [0.717, 1.165) is 5.69 Å². The highest BCUT2D eigenvalue weighted by Gasteiger charge is 2.13. The molecule has 0 spiro atoms. The Hall–Kier alpha value is -2.44. The van der Waals surface area contributed by atoms with E-state index in [0.29, 0.717) is 15.9 Å². The van der Waals surface area contributed by atoms with E-state index in [-0.39, 0.29) is 16.7 Å². The van der Waals surface area contributed by atoms with Gasteiger partial charge in [0, 0.05) is 11.1 Å². The van der Waals surface area contributed by atoms with Gasteiger partial charge in [-0.15, -0.1) is 10.2 Å². The summed E-state index contributed by atoms with van der Waals surface area (Å²) in [5, 5.41) is 22.1. The van der Waals surface area contributed by atoms with Crippen molar-refractivity contribution in [3.05, 3.63) is 53.6 Å². The number of nitrogens with one attached hydrogen (secondary N) is 2. The van der Waals surface area contributed by atoms with Gasteiger partial charge in [-0.2, -0.15) is 0 Å². The van der Waals surface area contributed by atoms with E-state index in [4.69, 9.17) is 23.8 Å². The summed E-state index contributed by atoms with van der Waals surface area (Å²) in [6.45, 7) is 0. The topological polar surface area (TPSA) is 72.8 Å². The average molecular weight is 331 g/mol. The zero-order valence-corrected chi connectivity index (χ0v) is 12.8. The summed E-state index contributed by atoms with van der Waals surface area (Å²) in [5.74, 6) is -0.102. The molecule has 3 rings (SSSR count). The summed E-state index contributed by atoms with van der Waals surface area (Å²) in [6.07, 6.45) is 0. The molecule has 3 N–H and O–H groups in total. The molecule has 0 saturated carbocycles. The molecule has 0 saturated heterocycles. The molecule has 5 nitrogen and oxygen atoms in total. The zero-order valence-electron chi connectivity index (χ0n) is 11.2. The number of halogens is 1. The van der Waals surface area contributed by atoms with Gasteiger partial charge in [-0.25, -0.2) is 0 Å². The lowest BCUT2D eigenvalue weighted by atomic mass is 10.2. The van der Waals surface area contributed by atoms with Gasteiger partial charge in [-0.05, 0) is 36.5 Å². The Morgan fingerprint density at radius 1 is 1.14 bits per heavy atom. The molecule has 0 aliphatic rings. The van der Waals surface area contributed by atoms with Crippen LogP contribution in [-0.4, -0.2) is 15.2 Å². The average Bonchev–Trinajstić information content (AvgIpc) is 2.83. The Balaban J connectivity index is 1.87. The van der Waals surface area contributed by atoms with Crippen LogP contribution in [0, 0.1) is 0 Å². The van der Waals surface area contributed by atoms with Crippen molar-refractivity contribution < 1.29 is 5.11 Å². The van der Waals surface area contributed by atoms with Crippen LogP contribution in [0.1, 0.15) is 0 Å². The minimum Gasteiger partial charge on any atom is -0.493 e. The summed E-state index contributed by atoms with van der Waals surface area (Å²) in [7, 11) is 0. The number of aromatic hydroxyl groups is 1. The Bertz CT molecular complexity index is 861. The van der Waals surface area contributed by atoms with Crippen LogP contribution >= 0.6 is 23.8 Å². The molecule has 2 aromatic carbocycles. The lowest BCUT2D eigenvalue weighted by Crippen LogP contribution is -2.04. The molecule has 110 valence electrons. The number of rotatable bonds is 2. The molecule has 0 aliphatic heterocycles. The fraction of sp³-hybridized carbons (Fsp3) is 0. The smallest absolute Gasteiger partial charge is 0.218 e. The largest absolute Gasteiger partial charge is 0.493 e. The van der Waals surface area contributed by atoms with E-state index in [2.05, 4.69) is 20.5 Å². The van der Waals surface area contributed by atoms with Crippen LogP contribution in [0.15, 0.2) is 58.8 Å². The maximum absolute atomic E-state index is 9.93. The van der Waals surface area contributed by atoms with E-state index < -0.39 is 0 Å². The van der Waals surface area contributed by atoms with E-state index in [9.17, 15) is 5.11 Å². The van der Waals surface area contributed by atoms with Gasteiger partial charge in [0.15, 0.2) is 5.69 Å². The van der Waals surface area contributed by atoms with Gasteiger partial charge in [0.05, 0.1) is 10.5 Å². The third-order valence-corrected chi connectivity index (χ3v) is 3.49. The summed E-state index contributed by atoms with van der Waals surface area (Å²) in [6, 6.07) is 14.7. The molecule has 1 aromatic heterocycles. The third kappa shape index (κ3) is 2.93. The van der Waals surface area contributed by atoms with Crippen molar-refractivity contribution >= 4 is 51.2 Å². The zero-order chi connectivity index (χ0) is 15.5. The highest BCUT2D eigenvalue weighted by molar-refractivity contribution is 7.80. The van der Waals surface area contributed by atoms with Crippen molar-refractivity contribution in [2.24, 2.45) is 10.2 Å². The molecular weight excluding hydrogens is 320 g/mol. The first-order valence-electron chi connectivity index (χ1n) is 6.42. The molecular formula is C15H11ClN4OS. The van der Waals surface area contributed by atoms with E-state index in [1.54, 1.807) is 18.2 Å². The van der Waals surface area contributed by atoms with Crippen LogP contribution in [0.5, 0.6) is 5.88 Å². The van der Waals surface area contributed by atoms with Crippen molar-refractivity contribution in [3.8, 4) is 5.88 Å². The summed E-state index contributed by atoms with van der Waals surface area (Å²) in [5.41, 5.74) is 1.76. The monoisotopic (exact) mass is 330 g/mol. The van der Waals surface area contributed by atoms with Crippen LogP contribution in [0.4, 0.5) is 11.4 Å². The van der Waals surface area contributed by atoms with Gasteiger partial charge in [-0.3, -0.25) is 0 Å². The number of fused-ring (bicyclic) bond motifs is 1. The van der Waals surface area contributed by atoms with E-state index >= 15 is 0 Å². The van der Waals surface area contributed by atoms with Crippen LogP contribution in [0.2, 0.25) is 5.02 Å². The molecule has 0 atom stereocenters. The Labute approximate surface area is 136 Å². The van der Waals surface area contributed by atoms with Gasteiger partial charge in [0.1, 0.15) is 0 Å². The van der Waals surface area contributed by atoms with Crippen molar-refractivity contribution in [1.29, 1.82) is 0 Å². The molecule has 0 amide bonds. The van der Waals surface area contributed by atoms with Gasteiger partial charge < -0.3 is 15.4 Å². The number of nitrogens with zero attached hydrogens (tertiary/aromatic N) is 2. The summed E-state index contributed by atoms with van der Waals surface area (Å²) >= 11 is 11.3. The number of aromatic amines is 1. The minimum absolute atomic E-state index is 0.102. The maximum Gasteiger partial charge on any atom is 0.218 e. The molecule has 22 heavy (non-hydrogen) atoms. The van der Waals surface area contributed by atoms with Crippen molar-refractivity contribution in [3.63, 3.8) is 0 Å². The summed E-state index contributed by atoms with van der Waals surface area (Å²) in [4.78, 5) is 2.79. The fourth-order valence-corrected chi connectivity index (χ4v) is 2.46. The first-order valence-corrected chi connectivity index (χ1v) is 7.20. The first kappa shape index (κ1) is 14.5. The number of hydrogen-bond acceptors (Lipinski definition) is 3. The van der Waals surface area contributed by atoms with Crippen LogP contribution in [-0.2, 0) is 0 Å². The number of para-hydroxylation sites is 1. The lowest BCUT2D eigenvalue weighted by Gasteiger charge is -2.01. The highest BCUT2D eigenvalue weighted by Crippen LogP contribution is 2.39. The molecule has 7 heteroatoms. The maximum atomic E-state index is 9.93. The molecule has 0 aliphatic carbocycles. The van der Waals surface area contributed by atoms with Crippen molar-refractivity contribution in [2.75, 3.05) is 5.32 Å². The number of thiocarbonyl (C=S) groups is 1. The van der Waals surface area contributed by atoms with E-state index in [1.165, 1.54) is 0 Å². The first-order chi connectivity index (χ1) is 10.6. The molecule has 0 unspecified atom stereocenters. The van der Waals surface area contributed by atoms with Gasteiger partial charge in [-0.1, -0.05) is 35.9 Å². The van der Waals surface area contributed by atoms with Crippen molar-refractivity contribution in [1.82, 2.24) is 4.98 Å². The van der Waals surface area contributed by atoms with Crippen molar-refractivity contribution in [2.45, 2.75) is 0 Å². The lowest BCUT2D eigenvalue weighted by molar-refractivity contribution is 0.459. The second kappa shape index (κ2) is 6.13. The van der Waals surface area contributed by atoms with E-state index in [1.807, 2.05) is 30.3 Å². The minimum atomic E-state index is -0.102. The fourth-order valence-electron chi connectivity index (χ4n) is 2.04. The Morgan fingerprint density at radius 2 is 1.91 bits per heavy atom. The number of azo groups is 1. The van der Waals surface area contributed by atoms with Crippen LogP contribution < -0.4 is 5.32 Å². The standard InChI is InChI=1S/C15H11ClN4OS/c16-10-7-4-8-11-12(10)13(14(21)18-11)19-20-15(22)17-9-5-2-1-3-6-9/h1-8,18,21H,(H,17,22). The summed E-state index contributed by atoms with van der Waals surface area (Å²) < 4.78 is 0. The van der Waals surface area contributed by atoms with Gasteiger partial charge >= 0.3 is 0 Å². The van der Waals surface area contributed by atoms with Crippen LogP contribution in [0.3, 0.4) is 0 Å². The Morgan fingerprint density at radius 3 is 2.68 bits per heavy atom. The molecule has 0 radical (unpaired) electrons. The number of anilines is 1. The molecule has 1 heterocycles. The predicted octanol–water partition coefficient (Wildman–Crippen LogP) is 5.01. The molecule has 0 bridgehead atoms. The highest BCUT2D eigenvalue weighted by atomic mass is 35.5. The number of benzene rings is 2. The number of H-pyrrole nitrogens is 1. The third-order valence-electron chi connectivity index (χ3n) is 2.99. The molecule has 3 aromatic rings. The predicted molar refractivity (Wildman–Crippen MR) is 92.2 cm³/mol. The number of hydrogen-bond donors (Lipinski definition) is 3. The normalized spacial score (nSPS) is 11.1. The SMILES string of the molecule is Oc1[nH]c2cccc(Cl)c2c1N=NC(=S)Nc1ccccc1. The van der Waals surface area contributed by atoms with Gasteiger partial charge in [0.25, 0.3) is 0 Å².